The second-order valence-corrected chi connectivity index (χ2v) is 7.16. The van der Waals surface area contributed by atoms with Crippen molar-refractivity contribution in [1.29, 1.82) is 0 Å². The van der Waals surface area contributed by atoms with E-state index in [-0.39, 0.29) is 19.0 Å². The van der Waals surface area contributed by atoms with Crippen LogP contribution in [0.25, 0.3) is 11.1 Å². The molecule has 1 heterocycles. The maximum Gasteiger partial charge on any atom is 0.416 e. The van der Waals surface area contributed by atoms with Crippen LogP contribution in [0.1, 0.15) is 11.1 Å². The summed E-state index contributed by atoms with van der Waals surface area (Å²) in [4.78, 5) is 14.2. The van der Waals surface area contributed by atoms with E-state index in [4.69, 9.17) is 4.74 Å². The van der Waals surface area contributed by atoms with Crippen LogP contribution in [-0.4, -0.2) is 36.9 Å². The Bertz CT molecular complexity index is 1030. The Labute approximate surface area is 178 Å². The van der Waals surface area contributed by atoms with E-state index in [0.29, 0.717) is 11.4 Å². The number of aromatic nitrogens is 2. The summed E-state index contributed by atoms with van der Waals surface area (Å²) in [5.41, 5.74) is 1.65. The summed E-state index contributed by atoms with van der Waals surface area (Å²) in [7, 11) is 5.33. The predicted octanol–water partition coefficient (Wildman–Crippen LogP) is 3.96. The molecule has 9 heteroatoms. The van der Waals surface area contributed by atoms with Crippen molar-refractivity contribution >= 4 is 11.7 Å². The molecular formula is C22H23F3N4O2. The molecule has 0 unspecified atom stereocenters. The van der Waals surface area contributed by atoms with Crippen molar-refractivity contribution < 1.29 is 22.7 Å². The normalized spacial score (nSPS) is 11.3. The zero-order valence-corrected chi connectivity index (χ0v) is 17.4. The van der Waals surface area contributed by atoms with E-state index in [1.807, 2.05) is 43.3 Å². The summed E-state index contributed by atoms with van der Waals surface area (Å²) in [6.07, 6.45) is -2.59. The monoisotopic (exact) mass is 432 g/mol. The third-order valence-corrected chi connectivity index (χ3v) is 4.64. The molecule has 0 saturated heterocycles. The lowest BCUT2D eigenvalue weighted by molar-refractivity contribution is -0.137. The van der Waals surface area contributed by atoms with Crippen molar-refractivity contribution in [2.75, 3.05) is 26.1 Å². The van der Waals surface area contributed by atoms with Crippen molar-refractivity contribution in [3.05, 3.63) is 65.9 Å². The molecule has 0 aliphatic carbocycles. The van der Waals surface area contributed by atoms with Gasteiger partial charge in [-0.2, -0.15) is 18.3 Å². The van der Waals surface area contributed by atoms with Gasteiger partial charge in [-0.15, -0.1) is 0 Å². The van der Waals surface area contributed by atoms with Crippen LogP contribution in [0, 0.1) is 0 Å². The number of alkyl halides is 3. The molecule has 164 valence electrons. The summed E-state index contributed by atoms with van der Waals surface area (Å²) < 4.78 is 44.6. The molecule has 0 fully saturated rings. The first-order chi connectivity index (χ1) is 14.7. The summed E-state index contributed by atoms with van der Waals surface area (Å²) in [5, 5.41) is 7.20. The first-order valence-electron chi connectivity index (χ1n) is 9.49. The molecule has 0 aliphatic heterocycles. The maximum absolute atomic E-state index is 12.6. The molecule has 0 atom stereocenters. The number of carbonyl (C=O) groups excluding carboxylic acids is 1. The topological polar surface area (TPSA) is 59.4 Å². The van der Waals surface area contributed by atoms with Gasteiger partial charge in [-0.1, -0.05) is 24.3 Å². The van der Waals surface area contributed by atoms with E-state index >= 15 is 0 Å². The fourth-order valence-electron chi connectivity index (χ4n) is 3.01. The van der Waals surface area contributed by atoms with Crippen LogP contribution in [-0.2, 0) is 24.1 Å². The Hall–Kier alpha value is -3.49. The Balaban J connectivity index is 1.67. The lowest BCUT2D eigenvalue weighted by Gasteiger charge is -2.11. The van der Waals surface area contributed by atoms with Gasteiger partial charge < -0.3 is 15.0 Å². The first-order valence-corrected chi connectivity index (χ1v) is 9.49. The van der Waals surface area contributed by atoms with Crippen LogP contribution >= 0.6 is 0 Å². The molecule has 1 amide bonds. The van der Waals surface area contributed by atoms with Gasteiger partial charge in [0.05, 0.1) is 12.7 Å². The fourth-order valence-corrected chi connectivity index (χ4v) is 3.01. The molecule has 0 spiro atoms. The molecule has 0 radical (unpaired) electrons. The Kier molecular flexibility index (Phi) is 6.53. The van der Waals surface area contributed by atoms with Gasteiger partial charge in [0.2, 0.25) is 5.91 Å². The van der Waals surface area contributed by atoms with Gasteiger partial charge in [-0.3, -0.25) is 9.48 Å². The van der Waals surface area contributed by atoms with Crippen LogP contribution in [0.3, 0.4) is 0 Å². The molecular weight excluding hydrogens is 409 g/mol. The van der Waals surface area contributed by atoms with E-state index in [2.05, 4.69) is 10.4 Å². The van der Waals surface area contributed by atoms with Crippen molar-refractivity contribution in [2.45, 2.75) is 19.3 Å². The van der Waals surface area contributed by atoms with Crippen LogP contribution in [0.5, 0.6) is 5.75 Å². The van der Waals surface area contributed by atoms with Crippen LogP contribution < -0.4 is 15.0 Å². The number of benzene rings is 2. The smallest absolute Gasteiger partial charge is 0.416 e. The van der Waals surface area contributed by atoms with Crippen LogP contribution in [0.15, 0.2) is 54.7 Å². The van der Waals surface area contributed by atoms with Crippen molar-refractivity contribution in [1.82, 2.24) is 15.1 Å². The fraction of sp³-hybridized carbons (Fsp3) is 0.273. The van der Waals surface area contributed by atoms with Crippen LogP contribution in [0.2, 0.25) is 0 Å². The third-order valence-electron chi connectivity index (χ3n) is 4.64. The number of ether oxygens (including phenoxy) is 1. The highest BCUT2D eigenvalue weighted by atomic mass is 19.4. The van der Waals surface area contributed by atoms with Crippen LogP contribution in [0.4, 0.5) is 19.0 Å². The van der Waals surface area contributed by atoms with Gasteiger partial charge in [-0.05, 0) is 35.4 Å². The molecule has 3 rings (SSSR count). The largest absolute Gasteiger partial charge is 0.497 e. The number of nitrogens with one attached hydrogen (secondary N) is 1. The molecule has 6 nitrogen and oxygen atoms in total. The molecule has 0 bridgehead atoms. The highest BCUT2D eigenvalue weighted by molar-refractivity contribution is 5.78. The summed E-state index contributed by atoms with van der Waals surface area (Å²) in [5.74, 6) is 1.15. The van der Waals surface area contributed by atoms with E-state index in [1.165, 1.54) is 16.8 Å². The number of rotatable bonds is 7. The predicted molar refractivity (Wildman–Crippen MR) is 112 cm³/mol. The molecule has 1 N–H and O–H groups in total. The standard InChI is InChI=1S/C22H23F3N4O2/c1-28(2)21-19(16-6-10-18(31-3)11-7-16)13-29(27-21)14-20(30)26-12-15-4-8-17(9-5-15)22(23,24)25/h4-11,13H,12,14H2,1-3H3,(H,26,30). The lowest BCUT2D eigenvalue weighted by Crippen LogP contribution is -2.27. The zero-order valence-electron chi connectivity index (χ0n) is 17.4. The Morgan fingerprint density at radius 1 is 1.10 bits per heavy atom. The minimum Gasteiger partial charge on any atom is -0.497 e. The number of hydrogen-bond acceptors (Lipinski definition) is 4. The molecule has 3 aromatic rings. The molecule has 2 aromatic carbocycles. The number of amides is 1. The number of anilines is 1. The number of nitrogens with zero attached hydrogens (tertiary/aromatic N) is 3. The summed E-state index contributed by atoms with van der Waals surface area (Å²) in [6.45, 7) is 0.113. The highest BCUT2D eigenvalue weighted by Gasteiger charge is 2.29. The first kappa shape index (κ1) is 22.2. The minimum atomic E-state index is -4.38. The van der Waals surface area contributed by atoms with E-state index in [9.17, 15) is 18.0 Å². The number of carbonyl (C=O) groups is 1. The number of halogens is 3. The van der Waals surface area contributed by atoms with E-state index in [1.54, 1.807) is 13.3 Å². The van der Waals surface area contributed by atoms with Gasteiger partial charge >= 0.3 is 6.18 Å². The van der Waals surface area contributed by atoms with Crippen molar-refractivity contribution in [3.8, 4) is 16.9 Å². The van der Waals surface area contributed by atoms with E-state index < -0.39 is 11.7 Å². The average molecular weight is 432 g/mol. The van der Waals surface area contributed by atoms with Crippen molar-refractivity contribution in [2.24, 2.45) is 0 Å². The number of methoxy groups -OCH3 is 1. The molecule has 0 saturated carbocycles. The second kappa shape index (κ2) is 9.11. The van der Waals surface area contributed by atoms with Gasteiger partial charge in [0.25, 0.3) is 0 Å². The molecule has 0 aliphatic rings. The minimum absolute atomic E-state index is 0.0162. The van der Waals surface area contributed by atoms with Gasteiger partial charge in [0.15, 0.2) is 5.82 Å². The Morgan fingerprint density at radius 2 is 1.74 bits per heavy atom. The van der Waals surface area contributed by atoms with E-state index in [0.717, 1.165) is 29.0 Å². The van der Waals surface area contributed by atoms with Crippen molar-refractivity contribution in [3.63, 3.8) is 0 Å². The Morgan fingerprint density at radius 3 is 2.29 bits per heavy atom. The third kappa shape index (κ3) is 5.56. The maximum atomic E-state index is 12.6. The second-order valence-electron chi connectivity index (χ2n) is 7.16. The van der Waals surface area contributed by atoms with Gasteiger partial charge in [0, 0.05) is 32.4 Å². The summed E-state index contributed by atoms with van der Waals surface area (Å²) >= 11 is 0. The highest BCUT2D eigenvalue weighted by Crippen LogP contribution is 2.30. The zero-order chi connectivity index (χ0) is 22.6. The number of hydrogen-bond donors (Lipinski definition) is 1. The van der Waals surface area contributed by atoms with Gasteiger partial charge in [-0.25, -0.2) is 0 Å². The summed E-state index contributed by atoms with van der Waals surface area (Å²) in [6, 6.07) is 12.2. The van der Waals surface area contributed by atoms with Gasteiger partial charge in [0.1, 0.15) is 12.3 Å². The molecule has 31 heavy (non-hydrogen) atoms. The lowest BCUT2D eigenvalue weighted by atomic mass is 10.1. The average Bonchev–Trinajstić information content (AvgIpc) is 3.16. The quantitative estimate of drug-likeness (QED) is 0.614. The molecule has 1 aromatic heterocycles. The SMILES string of the molecule is COc1ccc(-c2cn(CC(=O)NCc3ccc(C(F)(F)F)cc3)nc2N(C)C)cc1.